The van der Waals surface area contributed by atoms with E-state index in [4.69, 9.17) is 5.26 Å². The van der Waals surface area contributed by atoms with Crippen molar-refractivity contribution in [3.8, 4) is 6.07 Å². The van der Waals surface area contributed by atoms with E-state index in [-0.39, 0.29) is 5.91 Å². The number of benzene rings is 2. The number of piperidine rings is 1. The Kier molecular flexibility index (Phi) is 5.90. The highest BCUT2D eigenvalue weighted by atomic mass is 16.1. The molecule has 0 bridgehead atoms. The Morgan fingerprint density at radius 3 is 2.30 bits per heavy atom. The number of nitrogens with one attached hydrogen (secondary N) is 2. The predicted molar refractivity (Wildman–Crippen MR) is 119 cm³/mol. The number of rotatable bonds is 5. The largest absolute Gasteiger partial charge is 0.372 e. The van der Waals surface area contributed by atoms with Gasteiger partial charge in [0.15, 0.2) is 0 Å². The van der Waals surface area contributed by atoms with E-state index in [2.05, 4.69) is 50.9 Å². The first kappa shape index (κ1) is 19.5. The minimum Gasteiger partial charge on any atom is -0.372 e. The molecular weight excluding hydrogens is 374 g/mol. The number of carbonyl (C=O) groups is 1. The Hall–Kier alpha value is -3.85. The van der Waals surface area contributed by atoms with Gasteiger partial charge in [0.2, 0.25) is 0 Å². The van der Waals surface area contributed by atoms with Crippen LogP contribution in [0.2, 0.25) is 0 Å². The van der Waals surface area contributed by atoms with Crippen LogP contribution in [0.1, 0.15) is 35.3 Å². The summed E-state index contributed by atoms with van der Waals surface area (Å²) >= 11 is 0. The standard InChI is InChI=1S/C24H23N5O/c25-17-18-4-6-20(7-5-18)28-24(30)23-16-21(12-13-26-23)27-19-8-10-22(11-9-19)29-14-2-1-3-15-29/h4-13,16H,1-3,14-15H2,(H,26,27)(H,28,30). The van der Waals surface area contributed by atoms with Crippen molar-refractivity contribution in [2.45, 2.75) is 19.3 Å². The lowest BCUT2D eigenvalue weighted by Crippen LogP contribution is -2.29. The molecule has 1 aliphatic rings. The van der Waals surface area contributed by atoms with Crippen LogP contribution >= 0.6 is 0 Å². The summed E-state index contributed by atoms with van der Waals surface area (Å²) < 4.78 is 0. The fourth-order valence-electron chi connectivity index (χ4n) is 3.53. The molecule has 0 unspecified atom stereocenters. The first-order valence-corrected chi connectivity index (χ1v) is 10.1. The van der Waals surface area contributed by atoms with E-state index in [0.29, 0.717) is 16.9 Å². The molecule has 2 N–H and O–H groups in total. The molecule has 0 atom stereocenters. The van der Waals surface area contributed by atoms with Gasteiger partial charge in [0.1, 0.15) is 5.69 Å². The van der Waals surface area contributed by atoms with Crippen molar-refractivity contribution < 1.29 is 4.79 Å². The van der Waals surface area contributed by atoms with Crippen molar-refractivity contribution in [2.75, 3.05) is 28.6 Å². The van der Waals surface area contributed by atoms with Crippen LogP contribution in [0.3, 0.4) is 0 Å². The van der Waals surface area contributed by atoms with Gasteiger partial charge >= 0.3 is 0 Å². The van der Waals surface area contributed by atoms with Crippen LogP contribution in [0, 0.1) is 11.3 Å². The summed E-state index contributed by atoms with van der Waals surface area (Å²) in [5.41, 5.74) is 4.48. The maximum absolute atomic E-state index is 12.5. The molecule has 30 heavy (non-hydrogen) atoms. The summed E-state index contributed by atoms with van der Waals surface area (Å²) in [6.45, 7) is 2.24. The highest BCUT2D eigenvalue weighted by Crippen LogP contribution is 2.24. The Bertz CT molecular complexity index is 1050. The van der Waals surface area contributed by atoms with Gasteiger partial charge in [-0.1, -0.05) is 0 Å². The van der Waals surface area contributed by atoms with Crippen molar-refractivity contribution >= 4 is 28.7 Å². The molecule has 2 heterocycles. The van der Waals surface area contributed by atoms with Crippen LogP contribution in [0.4, 0.5) is 22.7 Å². The van der Waals surface area contributed by atoms with Gasteiger partial charge in [0, 0.05) is 42.0 Å². The zero-order valence-electron chi connectivity index (χ0n) is 16.6. The van der Waals surface area contributed by atoms with Gasteiger partial charge < -0.3 is 15.5 Å². The van der Waals surface area contributed by atoms with Crippen LogP contribution in [-0.4, -0.2) is 24.0 Å². The maximum Gasteiger partial charge on any atom is 0.274 e. The number of anilines is 4. The second kappa shape index (κ2) is 9.10. The average molecular weight is 397 g/mol. The van der Waals surface area contributed by atoms with E-state index in [0.717, 1.165) is 24.5 Å². The second-order valence-electron chi connectivity index (χ2n) is 7.29. The lowest BCUT2D eigenvalue weighted by Gasteiger charge is -2.28. The van der Waals surface area contributed by atoms with E-state index in [1.165, 1.54) is 24.9 Å². The van der Waals surface area contributed by atoms with E-state index in [9.17, 15) is 4.79 Å². The zero-order chi connectivity index (χ0) is 20.8. The lowest BCUT2D eigenvalue weighted by atomic mass is 10.1. The van der Waals surface area contributed by atoms with Crippen molar-refractivity contribution in [1.82, 2.24) is 4.98 Å². The normalized spacial score (nSPS) is 13.4. The van der Waals surface area contributed by atoms with Crippen LogP contribution in [0.15, 0.2) is 66.9 Å². The van der Waals surface area contributed by atoms with Crippen LogP contribution in [-0.2, 0) is 0 Å². The molecule has 1 amide bonds. The molecule has 0 saturated carbocycles. The molecule has 1 aliphatic heterocycles. The molecule has 150 valence electrons. The van der Waals surface area contributed by atoms with Gasteiger partial charge in [0.05, 0.1) is 11.6 Å². The SMILES string of the molecule is N#Cc1ccc(NC(=O)c2cc(Nc3ccc(N4CCCCC4)cc3)ccn2)cc1. The number of pyridine rings is 1. The minimum atomic E-state index is -0.302. The number of nitrogens with zero attached hydrogens (tertiary/aromatic N) is 3. The molecule has 0 spiro atoms. The second-order valence-corrected chi connectivity index (χ2v) is 7.29. The number of carbonyl (C=O) groups excluding carboxylic acids is 1. The molecule has 3 aromatic rings. The first-order chi connectivity index (χ1) is 14.7. The van der Waals surface area contributed by atoms with Gasteiger partial charge in [-0.25, -0.2) is 0 Å². The molecule has 4 rings (SSSR count). The summed E-state index contributed by atoms with van der Waals surface area (Å²) in [5.74, 6) is -0.302. The topological polar surface area (TPSA) is 81.0 Å². The summed E-state index contributed by atoms with van der Waals surface area (Å²) in [5, 5.41) is 15.0. The van der Waals surface area contributed by atoms with E-state index >= 15 is 0 Å². The summed E-state index contributed by atoms with van der Waals surface area (Å²) in [6.07, 6.45) is 5.44. The third-order valence-corrected chi connectivity index (χ3v) is 5.14. The molecule has 6 heteroatoms. The quantitative estimate of drug-likeness (QED) is 0.637. The smallest absolute Gasteiger partial charge is 0.274 e. The number of hydrogen-bond acceptors (Lipinski definition) is 5. The summed E-state index contributed by atoms with van der Waals surface area (Å²) in [4.78, 5) is 19.1. The van der Waals surface area contributed by atoms with E-state index in [1.54, 1.807) is 36.5 Å². The van der Waals surface area contributed by atoms with Crippen molar-refractivity contribution in [1.29, 1.82) is 5.26 Å². The van der Waals surface area contributed by atoms with Gasteiger partial charge in [-0.05, 0) is 79.9 Å². The Morgan fingerprint density at radius 1 is 0.900 bits per heavy atom. The average Bonchev–Trinajstić information content (AvgIpc) is 2.81. The number of hydrogen-bond donors (Lipinski definition) is 2. The Balaban J connectivity index is 1.41. The number of nitriles is 1. The van der Waals surface area contributed by atoms with Crippen molar-refractivity contribution in [3.63, 3.8) is 0 Å². The fourth-order valence-corrected chi connectivity index (χ4v) is 3.53. The molecule has 1 saturated heterocycles. The number of amides is 1. The minimum absolute atomic E-state index is 0.302. The van der Waals surface area contributed by atoms with Gasteiger partial charge in [-0.2, -0.15) is 5.26 Å². The summed E-state index contributed by atoms with van der Waals surface area (Å²) in [7, 11) is 0. The fraction of sp³-hybridized carbons (Fsp3) is 0.208. The van der Waals surface area contributed by atoms with Crippen LogP contribution in [0.5, 0.6) is 0 Å². The van der Waals surface area contributed by atoms with Crippen LogP contribution in [0.25, 0.3) is 0 Å². The van der Waals surface area contributed by atoms with Crippen molar-refractivity contribution in [3.05, 3.63) is 78.1 Å². The van der Waals surface area contributed by atoms with Gasteiger partial charge in [-0.3, -0.25) is 9.78 Å². The predicted octanol–water partition coefficient (Wildman–Crippen LogP) is 4.94. The highest BCUT2D eigenvalue weighted by Gasteiger charge is 2.11. The molecule has 1 aromatic heterocycles. The molecule has 1 fully saturated rings. The highest BCUT2D eigenvalue weighted by molar-refractivity contribution is 6.03. The van der Waals surface area contributed by atoms with Crippen LogP contribution < -0.4 is 15.5 Å². The molecule has 0 radical (unpaired) electrons. The zero-order valence-corrected chi connectivity index (χ0v) is 16.6. The van der Waals surface area contributed by atoms with Gasteiger partial charge in [-0.15, -0.1) is 0 Å². The lowest BCUT2D eigenvalue weighted by molar-refractivity contribution is 0.102. The first-order valence-electron chi connectivity index (χ1n) is 10.1. The molecular formula is C24H23N5O. The van der Waals surface area contributed by atoms with Crippen molar-refractivity contribution in [2.24, 2.45) is 0 Å². The van der Waals surface area contributed by atoms with Gasteiger partial charge in [0.25, 0.3) is 5.91 Å². The Labute approximate surface area is 176 Å². The van der Waals surface area contributed by atoms with E-state index in [1.807, 2.05) is 6.07 Å². The molecule has 2 aromatic carbocycles. The van der Waals surface area contributed by atoms with E-state index < -0.39 is 0 Å². The number of aromatic nitrogens is 1. The molecule has 6 nitrogen and oxygen atoms in total. The third kappa shape index (κ3) is 4.76. The summed E-state index contributed by atoms with van der Waals surface area (Å²) in [6, 6.07) is 20.7. The Morgan fingerprint density at radius 2 is 1.60 bits per heavy atom. The molecule has 0 aliphatic carbocycles. The third-order valence-electron chi connectivity index (χ3n) is 5.14. The monoisotopic (exact) mass is 397 g/mol. The maximum atomic E-state index is 12.5.